The summed E-state index contributed by atoms with van der Waals surface area (Å²) in [4.78, 5) is 38.4. The van der Waals surface area contributed by atoms with Crippen molar-refractivity contribution in [2.75, 3.05) is 7.11 Å². The second kappa shape index (κ2) is 5.44. The number of halogens is 1. The third-order valence-corrected chi connectivity index (χ3v) is 4.97. The molecule has 0 saturated carbocycles. The number of phenolic OH excluding ortho intramolecular Hbond substituents is 1. The number of hydrogen-bond donors (Lipinski definition) is 1. The molecule has 3 aromatic rings. The molecule has 26 heavy (non-hydrogen) atoms. The molecule has 0 saturated heterocycles. The van der Waals surface area contributed by atoms with Crippen LogP contribution in [0.4, 0.5) is 0 Å². The Bertz CT molecular complexity index is 1210. The van der Waals surface area contributed by atoms with Crippen molar-refractivity contribution in [3.8, 4) is 11.5 Å². The van der Waals surface area contributed by atoms with Crippen molar-refractivity contribution in [1.29, 1.82) is 0 Å². The molecule has 0 fully saturated rings. The van der Waals surface area contributed by atoms with Gasteiger partial charge in [0.05, 0.1) is 34.2 Å². The molecule has 7 heteroatoms. The Morgan fingerprint density at radius 1 is 1.00 bits per heavy atom. The van der Waals surface area contributed by atoms with Crippen LogP contribution in [0.2, 0.25) is 5.02 Å². The van der Waals surface area contributed by atoms with Gasteiger partial charge in [-0.15, -0.1) is 0 Å². The number of aryl methyl sites for hydroxylation is 1. The van der Waals surface area contributed by atoms with Gasteiger partial charge in [0, 0.05) is 5.39 Å². The number of ketones is 2. The van der Waals surface area contributed by atoms with Crippen LogP contribution >= 0.6 is 11.6 Å². The minimum Gasteiger partial charge on any atom is -0.507 e. The smallest absolute Gasteiger partial charge is 0.345 e. The van der Waals surface area contributed by atoms with E-state index in [1.54, 1.807) is 19.1 Å². The highest BCUT2D eigenvalue weighted by molar-refractivity contribution is 6.38. The molecule has 0 aliphatic heterocycles. The first kappa shape index (κ1) is 16.4. The van der Waals surface area contributed by atoms with E-state index in [-0.39, 0.29) is 38.2 Å². The van der Waals surface area contributed by atoms with Crippen LogP contribution in [-0.2, 0) is 0 Å². The molecule has 0 amide bonds. The van der Waals surface area contributed by atoms with Gasteiger partial charge in [-0.05, 0) is 24.6 Å². The van der Waals surface area contributed by atoms with Gasteiger partial charge in [-0.2, -0.15) is 0 Å². The first-order valence-corrected chi connectivity index (χ1v) is 7.99. The van der Waals surface area contributed by atoms with Gasteiger partial charge >= 0.3 is 5.63 Å². The molecule has 6 nitrogen and oxygen atoms in total. The summed E-state index contributed by atoms with van der Waals surface area (Å²) >= 11 is 6.22. The second-order valence-corrected chi connectivity index (χ2v) is 6.29. The minimum atomic E-state index is -0.820. The molecule has 1 aliphatic rings. The first-order chi connectivity index (χ1) is 12.4. The monoisotopic (exact) mass is 370 g/mol. The van der Waals surface area contributed by atoms with Gasteiger partial charge in [0.15, 0.2) is 5.76 Å². The standard InChI is InChI=1S/C19H11ClO6/c1-7-3-4-8-11(15(7)20)19(24)26-18-12(8)16(22)14-10(25-2)6-5-9(21)13(14)17(18)23/h3-6,21H,1-2H3. The number of ether oxygens (including phenoxy) is 1. The van der Waals surface area contributed by atoms with Crippen molar-refractivity contribution in [3.63, 3.8) is 0 Å². The summed E-state index contributed by atoms with van der Waals surface area (Å²) in [7, 11) is 1.35. The van der Waals surface area contributed by atoms with Gasteiger partial charge in [0.25, 0.3) is 0 Å². The highest BCUT2D eigenvalue weighted by Gasteiger charge is 2.39. The lowest BCUT2D eigenvalue weighted by atomic mass is 9.84. The summed E-state index contributed by atoms with van der Waals surface area (Å²) in [6.07, 6.45) is 0. The zero-order valence-corrected chi connectivity index (χ0v) is 14.4. The molecule has 0 bridgehead atoms. The zero-order valence-electron chi connectivity index (χ0n) is 13.7. The van der Waals surface area contributed by atoms with Gasteiger partial charge in [-0.1, -0.05) is 23.7 Å². The van der Waals surface area contributed by atoms with Crippen molar-refractivity contribution in [3.05, 3.63) is 67.7 Å². The number of rotatable bonds is 1. The van der Waals surface area contributed by atoms with Crippen molar-refractivity contribution in [2.45, 2.75) is 6.92 Å². The highest BCUT2D eigenvalue weighted by atomic mass is 35.5. The average Bonchev–Trinajstić information content (AvgIpc) is 2.62. The largest absolute Gasteiger partial charge is 0.507 e. The van der Waals surface area contributed by atoms with Crippen LogP contribution in [-0.4, -0.2) is 23.8 Å². The maximum Gasteiger partial charge on any atom is 0.345 e. The van der Waals surface area contributed by atoms with Crippen LogP contribution in [0.25, 0.3) is 10.8 Å². The summed E-state index contributed by atoms with van der Waals surface area (Å²) in [5.74, 6) is -2.02. The van der Waals surface area contributed by atoms with Crippen LogP contribution in [0.3, 0.4) is 0 Å². The Labute approximate surface area is 151 Å². The Hall–Kier alpha value is -3.12. The lowest BCUT2D eigenvalue weighted by molar-refractivity contribution is 0.0950. The highest BCUT2D eigenvalue weighted by Crippen LogP contribution is 2.40. The van der Waals surface area contributed by atoms with E-state index in [1.807, 2.05) is 0 Å². The number of fused-ring (bicyclic) bond motifs is 4. The van der Waals surface area contributed by atoms with E-state index in [9.17, 15) is 19.5 Å². The van der Waals surface area contributed by atoms with Gasteiger partial charge in [-0.3, -0.25) is 9.59 Å². The number of hydrogen-bond acceptors (Lipinski definition) is 6. The summed E-state index contributed by atoms with van der Waals surface area (Å²) in [6, 6.07) is 5.84. The van der Waals surface area contributed by atoms with Crippen molar-refractivity contribution in [2.24, 2.45) is 0 Å². The molecular weight excluding hydrogens is 360 g/mol. The Morgan fingerprint density at radius 2 is 1.73 bits per heavy atom. The maximum atomic E-state index is 13.2. The van der Waals surface area contributed by atoms with E-state index in [1.165, 1.54) is 19.2 Å². The number of methoxy groups -OCH3 is 1. The van der Waals surface area contributed by atoms with Gasteiger partial charge < -0.3 is 14.3 Å². The molecular formula is C19H11ClO6. The number of aromatic hydroxyl groups is 1. The Kier molecular flexibility index (Phi) is 3.42. The Balaban J connectivity index is 2.19. The van der Waals surface area contributed by atoms with E-state index in [0.717, 1.165) is 0 Å². The van der Waals surface area contributed by atoms with E-state index >= 15 is 0 Å². The minimum absolute atomic E-state index is 0.0362. The van der Waals surface area contributed by atoms with Crippen molar-refractivity contribution < 1.29 is 23.8 Å². The number of benzene rings is 2. The van der Waals surface area contributed by atoms with Crippen molar-refractivity contribution in [1.82, 2.24) is 0 Å². The number of carbonyl (C=O) groups excluding carboxylic acids is 2. The molecule has 1 aromatic heterocycles. The third kappa shape index (κ3) is 1.96. The molecule has 4 rings (SSSR count). The van der Waals surface area contributed by atoms with Gasteiger partial charge in [0.1, 0.15) is 11.5 Å². The molecule has 1 N–H and O–H groups in total. The summed E-state index contributed by atoms with van der Waals surface area (Å²) < 4.78 is 10.3. The molecule has 0 unspecified atom stereocenters. The van der Waals surface area contributed by atoms with E-state index in [4.69, 9.17) is 20.8 Å². The maximum absolute atomic E-state index is 13.2. The van der Waals surface area contributed by atoms with Crippen LogP contribution < -0.4 is 10.4 Å². The van der Waals surface area contributed by atoms with E-state index in [2.05, 4.69) is 0 Å². The van der Waals surface area contributed by atoms with Crippen LogP contribution in [0.1, 0.15) is 37.6 Å². The fourth-order valence-corrected chi connectivity index (χ4v) is 3.47. The molecule has 0 radical (unpaired) electrons. The summed E-state index contributed by atoms with van der Waals surface area (Å²) in [5.41, 5.74) is -0.571. The normalized spacial score (nSPS) is 12.9. The van der Waals surface area contributed by atoms with Crippen LogP contribution in [0.5, 0.6) is 11.5 Å². The third-order valence-electron chi connectivity index (χ3n) is 4.48. The predicted molar refractivity (Wildman–Crippen MR) is 93.8 cm³/mol. The fourth-order valence-electron chi connectivity index (χ4n) is 3.23. The lowest BCUT2D eigenvalue weighted by Crippen LogP contribution is -2.24. The van der Waals surface area contributed by atoms with E-state index < -0.39 is 28.7 Å². The average molecular weight is 371 g/mol. The summed E-state index contributed by atoms with van der Waals surface area (Å²) in [6.45, 7) is 1.71. The molecule has 1 heterocycles. The molecule has 0 atom stereocenters. The number of carbonyl (C=O) groups is 2. The molecule has 130 valence electrons. The fraction of sp³-hybridized carbons (Fsp3) is 0.105. The topological polar surface area (TPSA) is 93.8 Å². The quantitative estimate of drug-likeness (QED) is 0.552. The molecule has 1 aliphatic carbocycles. The Morgan fingerprint density at radius 3 is 2.42 bits per heavy atom. The predicted octanol–water partition coefficient (Wildman–Crippen LogP) is 3.24. The van der Waals surface area contributed by atoms with Gasteiger partial charge in [0.2, 0.25) is 11.6 Å². The lowest BCUT2D eigenvalue weighted by Gasteiger charge is -2.20. The first-order valence-electron chi connectivity index (χ1n) is 7.62. The van der Waals surface area contributed by atoms with Crippen molar-refractivity contribution >= 4 is 33.9 Å². The van der Waals surface area contributed by atoms with Crippen LogP contribution in [0, 0.1) is 6.92 Å². The van der Waals surface area contributed by atoms with E-state index in [0.29, 0.717) is 5.56 Å². The van der Waals surface area contributed by atoms with Crippen LogP contribution in [0.15, 0.2) is 33.5 Å². The number of phenols is 1. The molecule has 2 aromatic carbocycles. The SMILES string of the molecule is COc1ccc(O)c2c1C(=O)c1c(oc(=O)c3c(Cl)c(C)ccc13)C2=O. The summed E-state index contributed by atoms with van der Waals surface area (Å²) in [5, 5.41) is 10.5. The second-order valence-electron chi connectivity index (χ2n) is 5.91. The zero-order chi connectivity index (χ0) is 18.7. The molecule has 0 spiro atoms. The van der Waals surface area contributed by atoms with Gasteiger partial charge in [-0.25, -0.2) is 4.79 Å².